The zero-order valence-corrected chi connectivity index (χ0v) is 10.7. The fourth-order valence-corrected chi connectivity index (χ4v) is 1.69. The summed E-state index contributed by atoms with van der Waals surface area (Å²) in [5.74, 6) is 0.638. The van der Waals surface area contributed by atoms with E-state index in [9.17, 15) is 0 Å². The molecule has 2 aromatic rings. The minimum Gasteiger partial charge on any atom is -0.445 e. The molecule has 0 aliphatic heterocycles. The van der Waals surface area contributed by atoms with Gasteiger partial charge >= 0.3 is 0 Å². The van der Waals surface area contributed by atoms with Crippen LogP contribution in [0.2, 0.25) is 0 Å². The summed E-state index contributed by atoms with van der Waals surface area (Å²) >= 11 is 5.22. The largest absolute Gasteiger partial charge is 0.445 e. The lowest BCUT2D eigenvalue weighted by Gasteiger charge is -2.07. The van der Waals surface area contributed by atoms with E-state index in [1.54, 1.807) is 24.3 Å². The first kappa shape index (κ1) is 12.3. The zero-order chi connectivity index (χ0) is 13.0. The second kappa shape index (κ2) is 5.44. The summed E-state index contributed by atoms with van der Waals surface area (Å²) in [5, 5.41) is 9.13. The molecule has 0 N–H and O–H groups in total. The molecule has 2 aromatic carbocycles. The molecule has 0 radical (unpaired) electrons. The highest BCUT2D eigenvalue weighted by Crippen LogP contribution is 2.14. The summed E-state index contributed by atoms with van der Waals surface area (Å²) in [6.07, 6.45) is 0. The van der Waals surface area contributed by atoms with Crippen molar-refractivity contribution in [2.75, 3.05) is 0 Å². The maximum atomic E-state index is 8.70. The van der Waals surface area contributed by atoms with E-state index in [1.807, 2.05) is 31.2 Å². The predicted molar refractivity (Wildman–Crippen MR) is 74.7 cm³/mol. The number of aryl methyl sites for hydroxylation is 1. The van der Waals surface area contributed by atoms with Crippen molar-refractivity contribution in [2.45, 2.75) is 6.92 Å². The molecule has 2 nitrogen and oxygen atoms in total. The molecule has 0 unspecified atom stereocenters. The van der Waals surface area contributed by atoms with Crippen LogP contribution < -0.4 is 4.74 Å². The molecule has 0 bridgehead atoms. The van der Waals surface area contributed by atoms with Crippen LogP contribution in [-0.4, -0.2) is 5.05 Å². The van der Waals surface area contributed by atoms with Crippen molar-refractivity contribution in [2.24, 2.45) is 0 Å². The SMILES string of the molecule is Cc1ccc(C(=S)Oc2ccc(C#N)cc2)cc1. The molecule has 0 saturated carbocycles. The van der Waals surface area contributed by atoms with E-state index in [2.05, 4.69) is 6.07 Å². The van der Waals surface area contributed by atoms with Crippen LogP contribution in [0.3, 0.4) is 0 Å². The van der Waals surface area contributed by atoms with Crippen LogP contribution >= 0.6 is 12.2 Å². The van der Waals surface area contributed by atoms with Crippen molar-refractivity contribution >= 4 is 17.3 Å². The van der Waals surface area contributed by atoms with Gasteiger partial charge in [0.25, 0.3) is 0 Å². The standard InChI is InChI=1S/C15H11NOS/c1-11-2-6-13(7-3-11)15(18)17-14-8-4-12(10-16)5-9-14/h2-9H,1H3. The van der Waals surface area contributed by atoms with Crippen molar-refractivity contribution in [3.05, 3.63) is 65.2 Å². The fraction of sp³-hybridized carbons (Fsp3) is 0.0667. The molecule has 0 aliphatic rings. The Labute approximate surface area is 111 Å². The summed E-state index contributed by atoms with van der Waals surface area (Å²) in [6.45, 7) is 2.02. The van der Waals surface area contributed by atoms with Gasteiger partial charge in [-0.3, -0.25) is 0 Å². The van der Waals surface area contributed by atoms with Crippen molar-refractivity contribution in [3.63, 3.8) is 0 Å². The molecule has 0 heterocycles. The predicted octanol–water partition coefficient (Wildman–Crippen LogP) is 3.62. The van der Waals surface area contributed by atoms with Crippen LogP contribution in [0.15, 0.2) is 48.5 Å². The number of nitriles is 1. The van der Waals surface area contributed by atoms with Crippen LogP contribution in [0, 0.1) is 18.3 Å². The molecule has 0 aromatic heterocycles. The smallest absolute Gasteiger partial charge is 0.198 e. The van der Waals surface area contributed by atoms with Gasteiger partial charge < -0.3 is 4.74 Å². The Balaban J connectivity index is 2.11. The molecule has 18 heavy (non-hydrogen) atoms. The van der Waals surface area contributed by atoms with E-state index in [4.69, 9.17) is 22.2 Å². The normalized spacial score (nSPS) is 9.56. The minimum atomic E-state index is 0.430. The van der Waals surface area contributed by atoms with Crippen molar-refractivity contribution < 1.29 is 4.74 Å². The van der Waals surface area contributed by atoms with E-state index in [1.165, 1.54) is 5.56 Å². The number of hydrogen-bond acceptors (Lipinski definition) is 3. The van der Waals surface area contributed by atoms with Gasteiger partial charge in [0.15, 0.2) is 5.05 Å². The van der Waals surface area contributed by atoms with Gasteiger partial charge in [-0.2, -0.15) is 5.26 Å². The van der Waals surface area contributed by atoms with E-state index >= 15 is 0 Å². The molecule has 0 fully saturated rings. The summed E-state index contributed by atoms with van der Waals surface area (Å²) in [6, 6.07) is 16.8. The number of thiocarbonyl (C=S) groups is 1. The summed E-state index contributed by atoms with van der Waals surface area (Å²) in [7, 11) is 0. The van der Waals surface area contributed by atoms with Gasteiger partial charge in [0.2, 0.25) is 0 Å². The molecule has 0 aliphatic carbocycles. The summed E-state index contributed by atoms with van der Waals surface area (Å²) in [5.41, 5.74) is 2.66. The van der Waals surface area contributed by atoms with E-state index < -0.39 is 0 Å². The molecule has 0 atom stereocenters. The average Bonchev–Trinajstić information content (AvgIpc) is 2.40. The molecule has 0 saturated heterocycles. The van der Waals surface area contributed by atoms with Crippen LogP contribution in [-0.2, 0) is 0 Å². The number of benzene rings is 2. The van der Waals surface area contributed by atoms with E-state index in [-0.39, 0.29) is 0 Å². The lowest BCUT2D eigenvalue weighted by molar-refractivity contribution is 0.566. The maximum absolute atomic E-state index is 8.70. The van der Waals surface area contributed by atoms with Crippen molar-refractivity contribution in [3.8, 4) is 11.8 Å². The number of rotatable bonds is 2. The van der Waals surface area contributed by atoms with E-state index in [0.717, 1.165) is 5.56 Å². The zero-order valence-electron chi connectivity index (χ0n) is 9.88. The molecule has 3 heteroatoms. The Morgan fingerprint density at radius 1 is 1.06 bits per heavy atom. The van der Waals surface area contributed by atoms with Gasteiger partial charge in [-0.05, 0) is 43.4 Å². The molecule has 88 valence electrons. The molecule has 0 amide bonds. The van der Waals surface area contributed by atoms with Gasteiger partial charge in [0.1, 0.15) is 5.75 Å². The van der Waals surface area contributed by atoms with Gasteiger partial charge in [-0.15, -0.1) is 0 Å². The van der Waals surface area contributed by atoms with Gasteiger partial charge in [-0.25, -0.2) is 0 Å². The third-order valence-electron chi connectivity index (χ3n) is 2.48. The number of nitrogens with zero attached hydrogens (tertiary/aromatic N) is 1. The Morgan fingerprint density at radius 3 is 2.22 bits per heavy atom. The Kier molecular flexibility index (Phi) is 3.71. The highest BCUT2D eigenvalue weighted by Gasteiger charge is 2.03. The summed E-state index contributed by atoms with van der Waals surface area (Å²) in [4.78, 5) is 0. The molecular formula is C15H11NOS. The first-order chi connectivity index (χ1) is 8.69. The first-order valence-electron chi connectivity index (χ1n) is 5.48. The topological polar surface area (TPSA) is 33.0 Å². The maximum Gasteiger partial charge on any atom is 0.198 e. The quantitative estimate of drug-likeness (QED) is 0.766. The highest BCUT2D eigenvalue weighted by atomic mass is 32.1. The van der Waals surface area contributed by atoms with Crippen LogP contribution in [0.5, 0.6) is 5.75 Å². The second-order valence-electron chi connectivity index (χ2n) is 3.89. The number of ether oxygens (including phenoxy) is 1. The fourth-order valence-electron chi connectivity index (χ4n) is 1.45. The molecule has 0 spiro atoms. The van der Waals surface area contributed by atoms with Crippen LogP contribution in [0.4, 0.5) is 0 Å². The van der Waals surface area contributed by atoms with E-state index in [0.29, 0.717) is 16.4 Å². The van der Waals surface area contributed by atoms with Gasteiger partial charge in [0.05, 0.1) is 11.6 Å². The number of hydrogen-bond donors (Lipinski definition) is 0. The monoisotopic (exact) mass is 253 g/mol. The highest BCUT2D eigenvalue weighted by molar-refractivity contribution is 7.80. The average molecular weight is 253 g/mol. The van der Waals surface area contributed by atoms with Crippen molar-refractivity contribution in [1.82, 2.24) is 0 Å². The third-order valence-corrected chi connectivity index (χ3v) is 2.80. The summed E-state index contributed by atoms with van der Waals surface area (Å²) < 4.78 is 5.56. The lowest BCUT2D eigenvalue weighted by Crippen LogP contribution is -2.06. The Hall–Kier alpha value is -2.18. The second-order valence-corrected chi connectivity index (χ2v) is 4.26. The van der Waals surface area contributed by atoms with Crippen LogP contribution in [0.25, 0.3) is 0 Å². The first-order valence-corrected chi connectivity index (χ1v) is 5.89. The Morgan fingerprint density at radius 2 is 1.67 bits per heavy atom. The molecular weight excluding hydrogens is 242 g/mol. The third kappa shape index (κ3) is 2.93. The lowest BCUT2D eigenvalue weighted by atomic mass is 10.2. The minimum absolute atomic E-state index is 0.430. The Bertz CT molecular complexity index is 594. The van der Waals surface area contributed by atoms with Crippen molar-refractivity contribution in [1.29, 1.82) is 5.26 Å². The molecule has 2 rings (SSSR count). The van der Waals surface area contributed by atoms with Gasteiger partial charge in [0, 0.05) is 5.56 Å². The van der Waals surface area contributed by atoms with Gasteiger partial charge in [-0.1, -0.05) is 29.8 Å². The van der Waals surface area contributed by atoms with Crippen LogP contribution in [0.1, 0.15) is 16.7 Å².